The first-order valence-electron chi connectivity index (χ1n) is 10.6. The van der Waals surface area contributed by atoms with Gasteiger partial charge in [0.2, 0.25) is 11.3 Å². The number of allylic oxidation sites excluding steroid dienone is 4. The Morgan fingerprint density at radius 1 is 1.28 bits per heavy atom. The summed E-state index contributed by atoms with van der Waals surface area (Å²) in [5.74, 6) is -0.634. The number of nitrogens with zero attached hydrogens (tertiary/aromatic N) is 3. The lowest BCUT2D eigenvalue weighted by molar-refractivity contribution is 0.0964. The molecule has 0 aliphatic rings. The van der Waals surface area contributed by atoms with Crippen LogP contribution in [0, 0.1) is 5.82 Å². The van der Waals surface area contributed by atoms with E-state index < -0.39 is 17.2 Å². The summed E-state index contributed by atoms with van der Waals surface area (Å²) >= 11 is 6.08. The van der Waals surface area contributed by atoms with Crippen molar-refractivity contribution in [1.29, 1.82) is 0 Å². The van der Waals surface area contributed by atoms with Crippen LogP contribution in [0.2, 0.25) is 5.02 Å². The molecule has 3 N–H and O–H groups in total. The lowest BCUT2D eigenvalue weighted by Gasteiger charge is -2.12. The van der Waals surface area contributed by atoms with E-state index in [1.807, 2.05) is 0 Å². The molecule has 0 saturated carbocycles. The minimum atomic E-state index is -0.622. The second-order valence-electron chi connectivity index (χ2n) is 7.48. The Balaban J connectivity index is 1.87. The van der Waals surface area contributed by atoms with Crippen LogP contribution in [0.3, 0.4) is 0 Å². The molecule has 0 aliphatic carbocycles. The summed E-state index contributed by atoms with van der Waals surface area (Å²) in [6.07, 6.45) is 9.06. The second kappa shape index (κ2) is 11.8. The van der Waals surface area contributed by atoms with Crippen LogP contribution in [-0.4, -0.2) is 22.2 Å². The smallest absolute Gasteiger partial charge is 0.260 e. The molecular formula is C26H23ClFN5O3. The number of aromatic nitrogens is 2. The van der Waals surface area contributed by atoms with Crippen molar-refractivity contribution in [3.8, 4) is 16.9 Å². The van der Waals surface area contributed by atoms with E-state index in [0.29, 0.717) is 17.8 Å². The van der Waals surface area contributed by atoms with Gasteiger partial charge in [-0.05, 0) is 37.4 Å². The minimum absolute atomic E-state index is 0.0859. The van der Waals surface area contributed by atoms with Gasteiger partial charge in [-0.25, -0.2) is 14.4 Å². The Morgan fingerprint density at radius 3 is 2.67 bits per heavy atom. The van der Waals surface area contributed by atoms with E-state index in [4.69, 9.17) is 22.1 Å². The Kier molecular flexibility index (Phi) is 8.53. The summed E-state index contributed by atoms with van der Waals surface area (Å²) in [5, 5.41) is 2.79. The van der Waals surface area contributed by atoms with Gasteiger partial charge in [0.05, 0.1) is 0 Å². The van der Waals surface area contributed by atoms with Crippen LogP contribution in [0.1, 0.15) is 17.3 Å². The quantitative estimate of drug-likeness (QED) is 0.188. The third-order valence-corrected chi connectivity index (χ3v) is 5.24. The molecule has 0 unspecified atom stereocenters. The van der Waals surface area contributed by atoms with E-state index in [0.717, 1.165) is 0 Å². The Labute approximate surface area is 211 Å². The molecular weight excluding hydrogens is 485 g/mol. The highest BCUT2D eigenvalue weighted by Gasteiger charge is 2.16. The number of halogens is 2. The zero-order valence-electron chi connectivity index (χ0n) is 19.4. The predicted octanol–water partition coefficient (Wildman–Crippen LogP) is 4.73. The van der Waals surface area contributed by atoms with Crippen LogP contribution in [0.4, 0.5) is 10.2 Å². The van der Waals surface area contributed by atoms with Gasteiger partial charge in [0, 0.05) is 48.5 Å². The summed E-state index contributed by atoms with van der Waals surface area (Å²) in [5.41, 5.74) is 6.22. The highest BCUT2D eigenvalue weighted by molar-refractivity contribution is 6.34. The van der Waals surface area contributed by atoms with E-state index in [2.05, 4.69) is 28.6 Å². The van der Waals surface area contributed by atoms with E-state index in [1.54, 1.807) is 23.8 Å². The lowest BCUT2D eigenvalue weighted by atomic mass is 10.0. The van der Waals surface area contributed by atoms with Crippen LogP contribution in [0.15, 0.2) is 95.1 Å². The number of pyridine rings is 2. The first-order valence-corrected chi connectivity index (χ1v) is 11.0. The largest absolute Gasteiger partial charge is 0.437 e. The van der Waals surface area contributed by atoms with Crippen LogP contribution in [-0.2, 0) is 6.54 Å². The molecule has 1 amide bonds. The summed E-state index contributed by atoms with van der Waals surface area (Å²) in [6.45, 7) is 9.13. The van der Waals surface area contributed by atoms with Crippen molar-refractivity contribution in [1.82, 2.24) is 14.9 Å². The molecule has 0 atom stereocenters. The van der Waals surface area contributed by atoms with Crippen LogP contribution in [0.25, 0.3) is 11.1 Å². The standard InChI is InChI=1S/C26H23ClFN5O3/c1-4-13-33-14-19(17-6-8-18(28)9-7-17)24(34)20(15-33)26(35)32-16(2)5-10-22(30-3)36-21-11-12-31-25(29)23(21)27/h4-12,14-15H,1,3,13H2,2H3,(H2,29,31)(H,32,35)/b16-5+,22-10+. The number of ether oxygens (including phenoxy) is 1. The Bertz CT molecular complexity index is 1430. The fourth-order valence-electron chi connectivity index (χ4n) is 3.12. The molecule has 0 spiro atoms. The maximum Gasteiger partial charge on any atom is 0.260 e. The Morgan fingerprint density at radius 2 is 2.00 bits per heavy atom. The van der Waals surface area contributed by atoms with Gasteiger partial charge in [-0.15, -0.1) is 6.58 Å². The van der Waals surface area contributed by atoms with Crippen molar-refractivity contribution in [2.75, 3.05) is 5.73 Å². The maximum absolute atomic E-state index is 13.4. The van der Waals surface area contributed by atoms with Crippen molar-refractivity contribution in [3.63, 3.8) is 0 Å². The number of nitrogens with two attached hydrogens (primary N) is 1. The minimum Gasteiger partial charge on any atom is -0.437 e. The molecule has 0 saturated heterocycles. The maximum atomic E-state index is 13.4. The van der Waals surface area contributed by atoms with Gasteiger partial charge >= 0.3 is 0 Å². The predicted molar refractivity (Wildman–Crippen MR) is 139 cm³/mol. The number of carbonyl (C=O) groups excluding carboxylic acids is 1. The molecule has 1 aromatic carbocycles. The average Bonchev–Trinajstić information content (AvgIpc) is 2.86. The summed E-state index contributed by atoms with van der Waals surface area (Å²) < 4.78 is 20.6. The van der Waals surface area contributed by atoms with Gasteiger partial charge in [0.15, 0.2) is 5.75 Å². The third kappa shape index (κ3) is 6.34. The molecule has 0 aliphatic heterocycles. The highest BCUT2D eigenvalue weighted by Crippen LogP contribution is 2.29. The SMILES string of the molecule is C=CCn1cc(C(=O)N/C(C)=C/C=C(\N=C)Oc2ccnc(N)c2Cl)c(=O)c(-c2ccc(F)cc2)c1. The molecule has 0 bridgehead atoms. The molecule has 36 heavy (non-hydrogen) atoms. The van der Waals surface area contributed by atoms with Crippen LogP contribution in [0.5, 0.6) is 5.75 Å². The van der Waals surface area contributed by atoms with Crippen molar-refractivity contribution in [2.45, 2.75) is 13.5 Å². The molecule has 2 heterocycles. The summed E-state index contributed by atoms with van der Waals surface area (Å²) in [4.78, 5) is 33.7. The molecule has 3 rings (SSSR count). The number of amides is 1. The normalized spacial score (nSPS) is 11.6. The number of benzene rings is 1. The molecule has 8 nitrogen and oxygen atoms in total. The zero-order chi connectivity index (χ0) is 26.2. The molecule has 2 aromatic heterocycles. The van der Waals surface area contributed by atoms with Crippen LogP contribution >= 0.6 is 11.6 Å². The number of hydrogen-bond acceptors (Lipinski definition) is 6. The van der Waals surface area contributed by atoms with Crippen molar-refractivity contribution in [2.24, 2.45) is 4.99 Å². The van der Waals surface area contributed by atoms with Gasteiger partial charge in [0.1, 0.15) is 22.2 Å². The van der Waals surface area contributed by atoms with Gasteiger partial charge in [0.25, 0.3) is 5.91 Å². The van der Waals surface area contributed by atoms with Gasteiger partial charge in [-0.2, -0.15) is 0 Å². The number of nitrogens with one attached hydrogen (secondary N) is 1. The van der Waals surface area contributed by atoms with Crippen LogP contribution < -0.4 is 21.2 Å². The fraction of sp³-hybridized carbons (Fsp3) is 0.0769. The molecule has 0 radical (unpaired) electrons. The monoisotopic (exact) mass is 507 g/mol. The first kappa shape index (κ1) is 26.1. The van der Waals surface area contributed by atoms with E-state index >= 15 is 0 Å². The highest BCUT2D eigenvalue weighted by atomic mass is 35.5. The lowest BCUT2D eigenvalue weighted by Crippen LogP contribution is -2.29. The van der Waals surface area contributed by atoms with E-state index in [1.165, 1.54) is 54.9 Å². The zero-order valence-corrected chi connectivity index (χ0v) is 20.1. The Hall–Kier alpha value is -4.50. The number of carbonyl (C=O) groups is 1. The van der Waals surface area contributed by atoms with E-state index in [-0.39, 0.29) is 33.6 Å². The number of hydrogen-bond donors (Lipinski definition) is 2. The summed E-state index contributed by atoms with van der Waals surface area (Å²) in [6, 6.07) is 6.97. The van der Waals surface area contributed by atoms with Crippen molar-refractivity contribution in [3.05, 3.63) is 112 Å². The second-order valence-corrected chi connectivity index (χ2v) is 7.86. The van der Waals surface area contributed by atoms with Gasteiger partial charge in [-0.1, -0.05) is 29.8 Å². The molecule has 184 valence electrons. The molecule has 10 heteroatoms. The summed E-state index contributed by atoms with van der Waals surface area (Å²) in [7, 11) is 0. The van der Waals surface area contributed by atoms with Crippen molar-refractivity contribution >= 4 is 30.0 Å². The molecule has 3 aromatic rings. The van der Waals surface area contributed by atoms with E-state index in [9.17, 15) is 14.0 Å². The van der Waals surface area contributed by atoms with Gasteiger partial charge in [-0.3, -0.25) is 9.59 Å². The number of rotatable bonds is 9. The number of aliphatic imine (C=N–C) groups is 1. The van der Waals surface area contributed by atoms with Gasteiger partial charge < -0.3 is 20.4 Å². The third-order valence-electron chi connectivity index (χ3n) is 4.86. The number of nitrogen functional groups attached to an aromatic ring is 1. The average molecular weight is 508 g/mol. The topological polar surface area (TPSA) is 112 Å². The fourth-order valence-corrected chi connectivity index (χ4v) is 3.27. The first-order chi connectivity index (χ1) is 17.2. The number of anilines is 1. The molecule has 0 fully saturated rings. The van der Waals surface area contributed by atoms with Crippen molar-refractivity contribution < 1.29 is 13.9 Å².